The van der Waals surface area contributed by atoms with Crippen molar-refractivity contribution in [3.8, 4) is 0 Å². The first kappa shape index (κ1) is 13.0. The van der Waals surface area contributed by atoms with Gasteiger partial charge in [-0.2, -0.15) is 0 Å². The smallest absolute Gasteiger partial charge is 0.0518 e. The van der Waals surface area contributed by atoms with Crippen molar-refractivity contribution in [2.45, 2.75) is 65.0 Å². The molecule has 0 aromatic rings. The van der Waals surface area contributed by atoms with Gasteiger partial charge in [-0.25, -0.2) is 0 Å². The maximum absolute atomic E-state index is 5.51. The van der Waals surface area contributed by atoms with E-state index in [9.17, 15) is 0 Å². The Morgan fingerprint density at radius 3 is 2.53 bits per heavy atom. The number of unbranched alkanes of at least 4 members (excludes halogenated alkanes) is 1. The van der Waals surface area contributed by atoms with Crippen LogP contribution in [0.25, 0.3) is 0 Å². The van der Waals surface area contributed by atoms with Crippen LogP contribution in [0.5, 0.6) is 0 Å². The number of rotatable bonds is 9. The van der Waals surface area contributed by atoms with Crippen molar-refractivity contribution in [2.75, 3.05) is 13.2 Å². The molecular formula is C13H27NO. The highest BCUT2D eigenvalue weighted by Crippen LogP contribution is 2.33. The van der Waals surface area contributed by atoms with Crippen molar-refractivity contribution < 1.29 is 4.74 Å². The van der Waals surface area contributed by atoms with Crippen molar-refractivity contribution in [3.05, 3.63) is 0 Å². The fraction of sp³-hybridized carbons (Fsp3) is 1.00. The lowest BCUT2D eigenvalue weighted by Crippen LogP contribution is -2.31. The average molecular weight is 213 g/mol. The maximum atomic E-state index is 5.51. The predicted molar refractivity (Wildman–Crippen MR) is 65.1 cm³/mol. The van der Waals surface area contributed by atoms with E-state index >= 15 is 0 Å². The van der Waals surface area contributed by atoms with Crippen LogP contribution in [0.15, 0.2) is 0 Å². The highest BCUT2D eigenvalue weighted by molar-refractivity contribution is 4.85. The van der Waals surface area contributed by atoms with Gasteiger partial charge in [-0.3, -0.25) is 0 Å². The predicted octanol–water partition coefficient (Wildman–Crippen LogP) is 2.97. The second-order valence-electron chi connectivity index (χ2n) is 4.93. The van der Waals surface area contributed by atoms with Crippen LogP contribution in [0, 0.1) is 5.92 Å². The Balaban J connectivity index is 1.87. The molecule has 0 bridgehead atoms. The summed E-state index contributed by atoms with van der Waals surface area (Å²) < 4.78 is 5.51. The first-order valence-corrected chi connectivity index (χ1v) is 6.59. The van der Waals surface area contributed by atoms with Gasteiger partial charge in [0.25, 0.3) is 0 Å². The van der Waals surface area contributed by atoms with Gasteiger partial charge in [0, 0.05) is 12.6 Å². The summed E-state index contributed by atoms with van der Waals surface area (Å²) in [5.41, 5.74) is 0. The van der Waals surface area contributed by atoms with Gasteiger partial charge in [-0.05, 0) is 58.4 Å². The first-order chi connectivity index (χ1) is 7.24. The molecule has 1 aliphatic rings. The molecule has 90 valence electrons. The molecule has 0 heterocycles. The Hall–Kier alpha value is -0.0800. The van der Waals surface area contributed by atoms with E-state index in [0.717, 1.165) is 25.1 Å². The molecule has 1 fully saturated rings. The van der Waals surface area contributed by atoms with E-state index in [2.05, 4.69) is 26.1 Å². The summed E-state index contributed by atoms with van der Waals surface area (Å²) in [6.07, 6.45) is 6.99. The molecule has 1 saturated carbocycles. The van der Waals surface area contributed by atoms with Crippen LogP contribution >= 0.6 is 0 Å². The van der Waals surface area contributed by atoms with Gasteiger partial charge < -0.3 is 10.1 Å². The Morgan fingerprint density at radius 2 is 2.00 bits per heavy atom. The van der Waals surface area contributed by atoms with E-state index in [-0.39, 0.29) is 0 Å². The Morgan fingerprint density at radius 1 is 1.27 bits per heavy atom. The molecule has 0 saturated heterocycles. The van der Waals surface area contributed by atoms with E-state index in [1.807, 2.05) is 0 Å². The van der Waals surface area contributed by atoms with Gasteiger partial charge in [-0.1, -0.05) is 6.92 Å². The number of nitrogens with one attached hydrogen (secondary N) is 1. The minimum absolute atomic E-state index is 0.382. The average Bonchev–Trinajstić information content (AvgIpc) is 3.00. The lowest BCUT2D eigenvalue weighted by molar-refractivity contribution is 0.0759. The van der Waals surface area contributed by atoms with Gasteiger partial charge in [0.2, 0.25) is 0 Å². The zero-order valence-electron chi connectivity index (χ0n) is 10.6. The second-order valence-corrected chi connectivity index (χ2v) is 4.93. The summed E-state index contributed by atoms with van der Waals surface area (Å²) in [4.78, 5) is 0. The topological polar surface area (TPSA) is 21.3 Å². The van der Waals surface area contributed by atoms with E-state index in [4.69, 9.17) is 4.74 Å². The van der Waals surface area contributed by atoms with Gasteiger partial charge in [-0.15, -0.1) is 0 Å². The van der Waals surface area contributed by atoms with Crippen LogP contribution in [0.3, 0.4) is 0 Å². The lowest BCUT2D eigenvalue weighted by Gasteiger charge is -2.16. The third-order valence-corrected chi connectivity index (χ3v) is 3.06. The molecule has 2 heteroatoms. The molecule has 1 unspecified atom stereocenters. The van der Waals surface area contributed by atoms with Crippen LogP contribution in [-0.2, 0) is 4.74 Å². The maximum Gasteiger partial charge on any atom is 0.0518 e. The summed E-state index contributed by atoms with van der Waals surface area (Å²) >= 11 is 0. The zero-order chi connectivity index (χ0) is 11.1. The Bertz CT molecular complexity index is 155. The van der Waals surface area contributed by atoms with Crippen LogP contribution in [-0.4, -0.2) is 25.3 Å². The molecule has 0 spiro atoms. The molecule has 1 rings (SSSR count). The second kappa shape index (κ2) is 7.24. The minimum Gasteiger partial charge on any atom is -0.379 e. The van der Waals surface area contributed by atoms with Crippen LogP contribution in [0.2, 0.25) is 0 Å². The van der Waals surface area contributed by atoms with Gasteiger partial charge in [0.15, 0.2) is 0 Å². The monoisotopic (exact) mass is 213 g/mol. The number of hydrogen-bond donors (Lipinski definition) is 1. The van der Waals surface area contributed by atoms with E-state index in [0.29, 0.717) is 6.10 Å². The third-order valence-electron chi connectivity index (χ3n) is 3.06. The molecule has 0 amide bonds. The fourth-order valence-corrected chi connectivity index (χ4v) is 1.98. The summed E-state index contributed by atoms with van der Waals surface area (Å²) in [5.74, 6) is 0.988. The third kappa shape index (κ3) is 6.16. The Labute approximate surface area is 94.8 Å². The molecule has 1 N–H and O–H groups in total. The summed E-state index contributed by atoms with van der Waals surface area (Å²) in [6, 6.07) is 0.788. The number of hydrogen-bond acceptors (Lipinski definition) is 2. The van der Waals surface area contributed by atoms with Crippen molar-refractivity contribution >= 4 is 0 Å². The quantitative estimate of drug-likeness (QED) is 0.595. The Kier molecular flexibility index (Phi) is 6.26. The van der Waals surface area contributed by atoms with Crippen molar-refractivity contribution in [2.24, 2.45) is 5.92 Å². The minimum atomic E-state index is 0.382. The zero-order valence-corrected chi connectivity index (χ0v) is 10.6. The molecular weight excluding hydrogens is 186 g/mol. The van der Waals surface area contributed by atoms with Crippen molar-refractivity contribution in [3.63, 3.8) is 0 Å². The van der Waals surface area contributed by atoms with E-state index in [1.54, 1.807) is 0 Å². The molecule has 15 heavy (non-hydrogen) atoms. The normalized spacial score (nSPS) is 18.4. The number of ether oxygens (including phenoxy) is 1. The highest BCUT2D eigenvalue weighted by Gasteiger charge is 2.28. The summed E-state index contributed by atoms with van der Waals surface area (Å²) in [6.45, 7) is 8.56. The standard InChI is InChI=1S/C13H27NO/c1-4-13(12-7-8-12)14-9-5-6-10-15-11(2)3/h11-14H,4-10H2,1-3H3. The summed E-state index contributed by atoms with van der Waals surface area (Å²) in [5, 5.41) is 3.66. The lowest BCUT2D eigenvalue weighted by atomic mass is 10.1. The highest BCUT2D eigenvalue weighted by atomic mass is 16.5. The van der Waals surface area contributed by atoms with Gasteiger partial charge >= 0.3 is 0 Å². The molecule has 1 atom stereocenters. The molecule has 0 aromatic heterocycles. The van der Waals surface area contributed by atoms with Gasteiger partial charge in [0.05, 0.1) is 6.10 Å². The fourth-order valence-electron chi connectivity index (χ4n) is 1.98. The molecule has 2 nitrogen and oxygen atoms in total. The van der Waals surface area contributed by atoms with Crippen LogP contribution in [0.4, 0.5) is 0 Å². The van der Waals surface area contributed by atoms with Crippen LogP contribution < -0.4 is 5.32 Å². The van der Waals surface area contributed by atoms with Crippen molar-refractivity contribution in [1.82, 2.24) is 5.32 Å². The largest absolute Gasteiger partial charge is 0.379 e. The first-order valence-electron chi connectivity index (χ1n) is 6.59. The molecule has 0 aliphatic heterocycles. The molecule has 0 radical (unpaired) electrons. The SMILES string of the molecule is CCC(NCCCCOC(C)C)C1CC1. The van der Waals surface area contributed by atoms with E-state index < -0.39 is 0 Å². The molecule has 1 aliphatic carbocycles. The van der Waals surface area contributed by atoms with Crippen LogP contribution in [0.1, 0.15) is 52.9 Å². The summed E-state index contributed by atoms with van der Waals surface area (Å²) in [7, 11) is 0. The van der Waals surface area contributed by atoms with Crippen molar-refractivity contribution in [1.29, 1.82) is 0 Å². The van der Waals surface area contributed by atoms with Gasteiger partial charge in [0.1, 0.15) is 0 Å². The molecule has 0 aromatic carbocycles. The van der Waals surface area contributed by atoms with E-state index in [1.165, 1.54) is 32.1 Å².